The highest BCUT2D eigenvalue weighted by molar-refractivity contribution is 7.57. The highest BCUT2D eigenvalue weighted by Gasteiger charge is 2.06. The fourth-order valence-corrected chi connectivity index (χ4v) is 5.44. The Labute approximate surface area is 124 Å². The summed E-state index contributed by atoms with van der Waals surface area (Å²) in [4.78, 5) is 0. The molecule has 0 N–H and O–H groups in total. The second kappa shape index (κ2) is 16.5. The Hall–Kier alpha value is 0.430. The first-order valence-corrected chi connectivity index (χ1v) is 11.0. The number of hydrogen-bond donors (Lipinski definition) is 0. The summed E-state index contributed by atoms with van der Waals surface area (Å²) in [5.74, 6) is 0. The maximum absolute atomic E-state index is 2.34. The van der Waals surface area contributed by atoms with Gasteiger partial charge in [-0.2, -0.15) is 0 Å². The normalized spacial score (nSPS) is 11.4. The summed E-state index contributed by atoms with van der Waals surface area (Å²) in [6, 6.07) is 0. The molecule has 1 heteroatoms. The third-order valence-corrected chi connectivity index (χ3v) is 6.83. The maximum Gasteiger partial charge on any atom is -0.0326 e. The molecule has 0 unspecified atom stereocenters. The number of unbranched alkanes of at least 4 members (excludes halogenated alkanes) is 9. The standard InChI is InChI=1S/C18H39P/c1-4-7-10-11-12-13-14-15-18-19(16-8-5-2)17-9-6-3/h4-18H2,1-3H3. The average molecular weight is 286 g/mol. The van der Waals surface area contributed by atoms with E-state index in [2.05, 4.69) is 20.8 Å². The van der Waals surface area contributed by atoms with Crippen molar-refractivity contribution in [1.82, 2.24) is 0 Å². The van der Waals surface area contributed by atoms with Gasteiger partial charge in [0, 0.05) is 0 Å². The molecule has 0 aromatic heterocycles. The van der Waals surface area contributed by atoms with E-state index in [9.17, 15) is 0 Å². The first-order chi connectivity index (χ1) is 9.35. The Kier molecular flexibility index (Phi) is 16.9. The zero-order chi connectivity index (χ0) is 14.2. The zero-order valence-electron chi connectivity index (χ0n) is 14.1. The molecule has 0 aliphatic carbocycles. The SMILES string of the molecule is CCCCCCCCCCP(CCCC)CCCC. The molecule has 116 valence electrons. The Bertz CT molecular complexity index is 148. The maximum atomic E-state index is 2.34. The summed E-state index contributed by atoms with van der Waals surface area (Å²) < 4.78 is 0. The van der Waals surface area contributed by atoms with Crippen molar-refractivity contribution in [2.75, 3.05) is 18.5 Å². The lowest BCUT2D eigenvalue weighted by atomic mass is 10.1. The lowest BCUT2D eigenvalue weighted by Crippen LogP contribution is -1.96. The second-order valence-corrected chi connectivity index (χ2v) is 8.71. The summed E-state index contributed by atoms with van der Waals surface area (Å²) in [5, 5.41) is 0. The number of hydrogen-bond acceptors (Lipinski definition) is 0. The van der Waals surface area contributed by atoms with Crippen LogP contribution in [0.4, 0.5) is 0 Å². The van der Waals surface area contributed by atoms with Crippen molar-refractivity contribution >= 4 is 7.92 Å². The Balaban J connectivity index is 3.40. The van der Waals surface area contributed by atoms with E-state index < -0.39 is 0 Å². The summed E-state index contributed by atoms with van der Waals surface area (Å²) in [6.45, 7) is 6.97. The van der Waals surface area contributed by atoms with Gasteiger partial charge in [-0.05, 0) is 37.7 Å². The molecule has 0 spiro atoms. The minimum absolute atomic E-state index is 0.397. The van der Waals surface area contributed by atoms with Crippen LogP contribution in [-0.2, 0) is 0 Å². The highest BCUT2D eigenvalue weighted by Crippen LogP contribution is 2.38. The summed E-state index contributed by atoms with van der Waals surface area (Å²) >= 11 is 0. The molecule has 0 radical (unpaired) electrons. The lowest BCUT2D eigenvalue weighted by Gasteiger charge is -2.17. The first kappa shape index (κ1) is 19.4. The second-order valence-electron chi connectivity index (χ2n) is 6.02. The van der Waals surface area contributed by atoms with E-state index in [-0.39, 0.29) is 0 Å². The monoisotopic (exact) mass is 286 g/mol. The van der Waals surface area contributed by atoms with Crippen LogP contribution in [0.1, 0.15) is 97.8 Å². The lowest BCUT2D eigenvalue weighted by molar-refractivity contribution is 0.586. The Morgan fingerprint density at radius 3 is 1.26 bits per heavy atom. The van der Waals surface area contributed by atoms with Gasteiger partial charge in [0.05, 0.1) is 0 Å². The molecule has 0 aromatic carbocycles. The predicted molar refractivity (Wildman–Crippen MR) is 93.9 cm³/mol. The van der Waals surface area contributed by atoms with Crippen LogP contribution >= 0.6 is 7.92 Å². The molecular weight excluding hydrogens is 247 g/mol. The van der Waals surface area contributed by atoms with Crippen molar-refractivity contribution in [1.29, 1.82) is 0 Å². The minimum Gasteiger partial charge on any atom is -0.107 e. The van der Waals surface area contributed by atoms with E-state index in [1.807, 2.05) is 0 Å². The van der Waals surface area contributed by atoms with Crippen molar-refractivity contribution < 1.29 is 0 Å². The van der Waals surface area contributed by atoms with E-state index in [0.29, 0.717) is 7.92 Å². The highest BCUT2D eigenvalue weighted by atomic mass is 31.1. The molecule has 0 aliphatic heterocycles. The summed E-state index contributed by atoms with van der Waals surface area (Å²) in [5.41, 5.74) is 0. The van der Waals surface area contributed by atoms with Crippen molar-refractivity contribution in [2.45, 2.75) is 97.8 Å². The third-order valence-electron chi connectivity index (χ3n) is 3.98. The average Bonchev–Trinajstić information content (AvgIpc) is 2.43. The molecule has 0 fully saturated rings. The third kappa shape index (κ3) is 14.6. The van der Waals surface area contributed by atoms with Gasteiger partial charge in [0.1, 0.15) is 0 Å². The van der Waals surface area contributed by atoms with E-state index in [0.717, 1.165) is 0 Å². The molecular formula is C18H39P. The van der Waals surface area contributed by atoms with E-state index in [1.165, 1.54) is 77.0 Å². The quantitative estimate of drug-likeness (QED) is 0.220. The largest absolute Gasteiger partial charge is 0.107 e. The van der Waals surface area contributed by atoms with Crippen LogP contribution in [0.25, 0.3) is 0 Å². The molecule has 0 rings (SSSR count). The van der Waals surface area contributed by atoms with Gasteiger partial charge in [-0.1, -0.05) is 78.6 Å². The van der Waals surface area contributed by atoms with Gasteiger partial charge in [0.15, 0.2) is 0 Å². The summed E-state index contributed by atoms with van der Waals surface area (Å²) in [6.07, 6.45) is 22.2. The molecule has 0 nitrogen and oxygen atoms in total. The smallest absolute Gasteiger partial charge is 0.0326 e. The van der Waals surface area contributed by atoms with Gasteiger partial charge in [-0.25, -0.2) is 0 Å². The van der Waals surface area contributed by atoms with Gasteiger partial charge in [0.25, 0.3) is 0 Å². The van der Waals surface area contributed by atoms with Crippen molar-refractivity contribution in [3.05, 3.63) is 0 Å². The van der Waals surface area contributed by atoms with Gasteiger partial charge in [0.2, 0.25) is 0 Å². The van der Waals surface area contributed by atoms with Crippen molar-refractivity contribution in [3.8, 4) is 0 Å². The van der Waals surface area contributed by atoms with E-state index in [1.54, 1.807) is 18.5 Å². The van der Waals surface area contributed by atoms with Crippen LogP contribution in [0.5, 0.6) is 0 Å². The number of rotatable bonds is 15. The van der Waals surface area contributed by atoms with Crippen LogP contribution in [0.3, 0.4) is 0 Å². The molecule has 0 saturated heterocycles. The van der Waals surface area contributed by atoms with Gasteiger partial charge < -0.3 is 0 Å². The van der Waals surface area contributed by atoms with Gasteiger partial charge in [-0.15, -0.1) is 7.92 Å². The molecule has 0 saturated carbocycles. The molecule has 0 atom stereocenters. The molecule has 0 amide bonds. The molecule has 19 heavy (non-hydrogen) atoms. The van der Waals surface area contributed by atoms with Crippen molar-refractivity contribution in [3.63, 3.8) is 0 Å². The van der Waals surface area contributed by atoms with Crippen LogP contribution in [0.15, 0.2) is 0 Å². The topological polar surface area (TPSA) is 0 Å². The van der Waals surface area contributed by atoms with E-state index >= 15 is 0 Å². The fourth-order valence-electron chi connectivity index (χ4n) is 2.57. The molecule has 0 heterocycles. The molecule has 0 aliphatic rings. The van der Waals surface area contributed by atoms with Crippen LogP contribution in [0, 0.1) is 0 Å². The fraction of sp³-hybridized carbons (Fsp3) is 1.00. The minimum atomic E-state index is 0.397. The Morgan fingerprint density at radius 2 is 0.789 bits per heavy atom. The van der Waals surface area contributed by atoms with Crippen LogP contribution in [-0.4, -0.2) is 18.5 Å². The van der Waals surface area contributed by atoms with E-state index in [4.69, 9.17) is 0 Å². The van der Waals surface area contributed by atoms with Crippen molar-refractivity contribution in [2.24, 2.45) is 0 Å². The predicted octanol–water partition coefficient (Wildman–Crippen LogP) is 7.21. The van der Waals surface area contributed by atoms with Gasteiger partial charge >= 0.3 is 0 Å². The molecule has 0 aromatic rings. The zero-order valence-corrected chi connectivity index (χ0v) is 14.9. The van der Waals surface area contributed by atoms with Crippen LogP contribution in [0.2, 0.25) is 0 Å². The van der Waals surface area contributed by atoms with Gasteiger partial charge in [-0.3, -0.25) is 0 Å². The molecule has 0 bridgehead atoms. The first-order valence-electron chi connectivity index (χ1n) is 9.07. The van der Waals surface area contributed by atoms with Crippen LogP contribution < -0.4 is 0 Å². The Morgan fingerprint density at radius 1 is 0.421 bits per heavy atom. The summed E-state index contributed by atoms with van der Waals surface area (Å²) in [7, 11) is 0.397.